The molecule has 1 aliphatic heterocycles. The molecule has 20 heavy (non-hydrogen) atoms. The summed E-state index contributed by atoms with van der Waals surface area (Å²) in [5.74, 6) is -0.369. The average Bonchev–Trinajstić information content (AvgIpc) is 2.78. The fourth-order valence-corrected chi connectivity index (χ4v) is 3.32. The Morgan fingerprint density at radius 1 is 1.60 bits per heavy atom. The van der Waals surface area contributed by atoms with Crippen molar-refractivity contribution in [1.82, 2.24) is 0 Å². The van der Waals surface area contributed by atoms with Crippen LogP contribution in [0.2, 0.25) is 5.02 Å². The number of hydrogen-bond acceptors (Lipinski definition) is 4. The number of carbonyl (C=O) groups excluding carboxylic acids is 2. The second kappa shape index (κ2) is 6.11. The maximum Gasteiger partial charge on any atom is 0.337 e. The number of hydrogen-bond donors (Lipinski definition) is 1. The quantitative estimate of drug-likeness (QED) is 0.838. The van der Waals surface area contributed by atoms with Crippen LogP contribution in [0.5, 0.6) is 0 Å². The molecular formula is C13H14BrClN2O3. The zero-order valence-electron chi connectivity index (χ0n) is 10.9. The number of rotatable bonds is 3. The standard InChI is InChI=1S/C13H14BrClN2O3/c1-20-13(19)8-3-9(14)12(10(15)4-8)17-6-7(5-16)2-11(17)18/h3-4,7H,2,5-6,16H2,1H3. The van der Waals surface area contributed by atoms with Gasteiger partial charge in [0.25, 0.3) is 0 Å². The number of benzene rings is 1. The zero-order valence-corrected chi connectivity index (χ0v) is 13.2. The molecule has 1 aromatic rings. The van der Waals surface area contributed by atoms with E-state index in [1.54, 1.807) is 11.0 Å². The molecule has 7 heteroatoms. The molecule has 1 aromatic carbocycles. The topological polar surface area (TPSA) is 72.6 Å². The van der Waals surface area contributed by atoms with Gasteiger partial charge in [-0.2, -0.15) is 0 Å². The molecule has 5 nitrogen and oxygen atoms in total. The van der Waals surface area contributed by atoms with Crippen molar-refractivity contribution in [3.8, 4) is 0 Å². The van der Waals surface area contributed by atoms with Crippen LogP contribution in [0.1, 0.15) is 16.8 Å². The van der Waals surface area contributed by atoms with Gasteiger partial charge in [0, 0.05) is 17.4 Å². The van der Waals surface area contributed by atoms with Gasteiger partial charge in [-0.3, -0.25) is 4.79 Å². The predicted molar refractivity (Wildman–Crippen MR) is 80.0 cm³/mol. The molecule has 0 saturated carbocycles. The summed E-state index contributed by atoms with van der Waals surface area (Å²) in [6.45, 7) is 0.989. The molecule has 1 amide bonds. The second-order valence-electron chi connectivity index (χ2n) is 4.59. The number of halogens is 2. The van der Waals surface area contributed by atoms with E-state index >= 15 is 0 Å². The Morgan fingerprint density at radius 3 is 2.80 bits per heavy atom. The maximum atomic E-state index is 12.0. The van der Waals surface area contributed by atoms with Crippen LogP contribution in [0.3, 0.4) is 0 Å². The van der Waals surface area contributed by atoms with Gasteiger partial charge in [0.1, 0.15) is 0 Å². The SMILES string of the molecule is COC(=O)c1cc(Cl)c(N2CC(CN)CC2=O)c(Br)c1. The Hall–Kier alpha value is -1.11. The Kier molecular flexibility index (Phi) is 4.67. The number of carbonyl (C=O) groups is 2. The van der Waals surface area contributed by atoms with Crippen molar-refractivity contribution in [2.75, 3.05) is 25.1 Å². The second-order valence-corrected chi connectivity index (χ2v) is 5.85. The summed E-state index contributed by atoms with van der Waals surface area (Å²) in [6.07, 6.45) is 0.415. The van der Waals surface area contributed by atoms with Gasteiger partial charge in [0.05, 0.1) is 23.4 Å². The third-order valence-corrected chi connectivity index (χ3v) is 4.14. The zero-order chi connectivity index (χ0) is 14.9. The lowest BCUT2D eigenvalue weighted by Crippen LogP contribution is -2.26. The highest BCUT2D eigenvalue weighted by atomic mass is 79.9. The fraction of sp³-hybridized carbons (Fsp3) is 0.385. The molecule has 1 fully saturated rings. The number of nitrogens with two attached hydrogens (primary N) is 1. The molecule has 2 rings (SSSR count). The summed E-state index contributed by atoms with van der Waals surface area (Å²) in [5, 5.41) is 0.325. The van der Waals surface area contributed by atoms with E-state index in [-0.39, 0.29) is 11.8 Å². The fourth-order valence-electron chi connectivity index (χ4n) is 2.21. The van der Waals surface area contributed by atoms with Gasteiger partial charge in [0.15, 0.2) is 0 Å². The van der Waals surface area contributed by atoms with E-state index in [1.165, 1.54) is 13.2 Å². The molecule has 0 radical (unpaired) electrons. The van der Waals surface area contributed by atoms with Crippen LogP contribution in [-0.2, 0) is 9.53 Å². The van der Waals surface area contributed by atoms with Crippen LogP contribution in [-0.4, -0.2) is 32.1 Å². The summed E-state index contributed by atoms with van der Waals surface area (Å²) in [4.78, 5) is 25.1. The van der Waals surface area contributed by atoms with Crippen molar-refractivity contribution in [2.45, 2.75) is 6.42 Å². The van der Waals surface area contributed by atoms with Crippen LogP contribution in [0.15, 0.2) is 16.6 Å². The number of nitrogens with zero attached hydrogens (tertiary/aromatic N) is 1. The summed E-state index contributed by atoms with van der Waals surface area (Å²) < 4.78 is 5.23. The number of amides is 1. The summed E-state index contributed by atoms with van der Waals surface area (Å²) in [6, 6.07) is 3.09. The minimum atomic E-state index is -0.480. The molecule has 1 unspecified atom stereocenters. The highest BCUT2D eigenvalue weighted by molar-refractivity contribution is 9.10. The van der Waals surface area contributed by atoms with Gasteiger partial charge in [-0.15, -0.1) is 0 Å². The Balaban J connectivity index is 2.38. The molecule has 0 aliphatic carbocycles. The lowest BCUT2D eigenvalue weighted by atomic mass is 10.1. The Labute approximate surface area is 130 Å². The van der Waals surface area contributed by atoms with Gasteiger partial charge in [-0.25, -0.2) is 4.79 Å². The highest BCUT2D eigenvalue weighted by Gasteiger charge is 2.32. The van der Waals surface area contributed by atoms with E-state index in [0.717, 1.165) is 0 Å². The van der Waals surface area contributed by atoms with Crippen molar-refractivity contribution in [3.05, 3.63) is 27.2 Å². The predicted octanol–water partition coefficient (Wildman–Crippen LogP) is 2.20. The van der Waals surface area contributed by atoms with Gasteiger partial charge >= 0.3 is 5.97 Å². The summed E-state index contributed by atoms with van der Waals surface area (Å²) in [7, 11) is 1.30. The molecule has 1 heterocycles. The van der Waals surface area contributed by atoms with Crippen molar-refractivity contribution in [3.63, 3.8) is 0 Å². The van der Waals surface area contributed by atoms with E-state index in [9.17, 15) is 9.59 Å². The van der Waals surface area contributed by atoms with E-state index in [0.29, 0.717) is 40.3 Å². The largest absolute Gasteiger partial charge is 0.465 e. The maximum absolute atomic E-state index is 12.0. The first-order chi connectivity index (χ1) is 9.47. The third kappa shape index (κ3) is 2.82. The number of anilines is 1. The molecule has 1 atom stereocenters. The number of ether oxygens (including phenoxy) is 1. The third-order valence-electron chi connectivity index (χ3n) is 3.25. The first-order valence-electron chi connectivity index (χ1n) is 6.05. The van der Waals surface area contributed by atoms with E-state index in [1.807, 2.05) is 0 Å². The van der Waals surface area contributed by atoms with E-state index < -0.39 is 5.97 Å². The average molecular weight is 362 g/mol. The van der Waals surface area contributed by atoms with Gasteiger partial charge in [-0.05, 0) is 40.5 Å². The number of methoxy groups -OCH3 is 1. The van der Waals surface area contributed by atoms with Crippen LogP contribution < -0.4 is 10.6 Å². The van der Waals surface area contributed by atoms with Crippen LogP contribution in [0, 0.1) is 5.92 Å². The molecule has 0 bridgehead atoms. The smallest absolute Gasteiger partial charge is 0.337 e. The van der Waals surface area contributed by atoms with Gasteiger partial charge in [0.2, 0.25) is 5.91 Å². The molecule has 0 aromatic heterocycles. The molecule has 1 saturated heterocycles. The summed E-state index contributed by atoms with van der Waals surface area (Å²) >= 11 is 9.57. The normalized spacial score (nSPS) is 18.5. The van der Waals surface area contributed by atoms with Crippen LogP contribution in [0.4, 0.5) is 5.69 Å². The Bertz CT molecular complexity index is 542. The first-order valence-corrected chi connectivity index (χ1v) is 7.22. The van der Waals surface area contributed by atoms with Crippen molar-refractivity contribution < 1.29 is 14.3 Å². The molecular weight excluding hydrogens is 348 g/mol. The van der Waals surface area contributed by atoms with Crippen LogP contribution in [0.25, 0.3) is 0 Å². The van der Waals surface area contributed by atoms with Crippen molar-refractivity contribution in [2.24, 2.45) is 11.7 Å². The minimum Gasteiger partial charge on any atom is -0.465 e. The minimum absolute atomic E-state index is 0.0196. The van der Waals surface area contributed by atoms with Gasteiger partial charge < -0.3 is 15.4 Å². The van der Waals surface area contributed by atoms with Gasteiger partial charge in [-0.1, -0.05) is 11.6 Å². The van der Waals surface area contributed by atoms with Crippen molar-refractivity contribution in [1.29, 1.82) is 0 Å². The molecule has 1 aliphatic rings. The monoisotopic (exact) mass is 360 g/mol. The summed E-state index contributed by atoms with van der Waals surface area (Å²) in [5.41, 5.74) is 6.51. The highest BCUT2D eigenvalue weighted by Crippen LogP contribution is 2.38. The van der Waals surface area contributed by atoms with E-state index in [2.05, 4.69) is 20.7 Å². The number of esters is 1. The Morgan fingerprint density at radius 2 is 2.30 bits per heavy atom. The molecule has 108 valence electrons. The lowest BCUT2D eigenvalue weighted by Gasteiger charge is -2.20. The van der Waals surface area contributed by atoms with Crippen molar-refractivity contribution >= 4 is 45.1 Å². The lowest BCUT2D eigenvalue weighted by molar-refractivity contribution is -0.117. The van der Waals surface area contributed by atoms with E-state index in [4.69, 9.17) is 17.3 Å². The molecule has 2 N–H and O–H groups in total. The van der Waals surface area contributed by atoms with Crippen LogP contribution >= 0.6 is 27.5 Å². The first kappa shape index (κ1) is 15.3. The molecule has 0 spiro atoms.